The summed E-state index contributed by atoms with van der Waals surface area (Å²) >= 11 is 3.66. The zero-order valence-electron chi connectivity index (χ0n) is 21.8. The average molecular weight is 625 g/mol. The van der Waals surface area contributed by atoms with Gasteiger partial charge in [-0.3, -0.25) is 0 Å². The molecule has 2 aliphatic rings. The number of amidine groups is 1. The van der Waals surface area contributed by atoms with Gasteiger partial charge in [0, 0.05) is 24.0 Å². The molecule has 0 bridgehead atoms. The normalized spacial score (nSPS) is 17.4. The molecule has 208 valence electrons. The lowest BCUT2D eigenvalue weighted by Crippen LogP contribution is -2.41. The topological polar surface area (TPSA) is 89.8 Å². The molecule has 0 spiro atoms. The molecule has 3 aromatic rings. The van der Waals surface area contributed by atoms with Gasteiger partial charge in [-0.15, -0.1) is 11.3 Å². The van der Waals surface area contributed by atoms with Crippen LogP contribution in [-0.4, -0.2) is 35.3 Å². The van der Waals surface area contributed by atoms with Crippen molar-refractivity contribution in [3.8, 4) is 23.0 Å². The molecule has 1 atom stereocenters. The Bertz CT molecular complexity index is 1400. The van der Waals surface area contributed by atoms with Crippen LogP contribution in [-0.2, 0) is 11.1 Å². The number of benzene rings is 3. The van der Waals surface area contributed by atoms with Crippen LogP contribution < -0.4 is 18.5 Å². The van der Waals surface area contributed by atoms with Gasteiger partial charge in [0.15, 0.2) is 11.5 Å². The maximum absolute atomic E-state index is 14.4. The molecule has 0 aliphatic carbocycles. The lowest BCUT2D eigenvalue weighted by Gasteiger charge is -2.36. The maximum atomic E-state index is 14.4. The first kappa shape index (κ1) is 28.0. The highest BCUT2D eigenvalue weighted by atomic mass is 79.9. The fraction of sp³-hybridized carbons (Fsp3) is 0.233. The van der Waals surface area contributed by atoms with E-state index in [-0.39, 0.29) is 19.4 Å². The standard InChI is InChI=1S/C30H30BrN2O6P/c1-2-24-16-22(10-9-15-34)17-30(33(24)20-23-18-28-29(19-27(23)31)37-21-36-28)32-40(35,38-25-11-5-3-6-12-25)39-26-13-7-4-8-14-26/h2-8,11-14,16,18-19,24,34H,1,9-10,15,17,20-21H2/b32-30-. The van der Waals surface area contributed by atoms with E-state index >= 15 is 0 Å². The van der Waals surface area contributed by atoms with Crippen molar-refractivity contribution in [1.29, 1.82) is 0 Å². The molecule has 1 N–H and O–H groups in total. The molecule has 3 aromatic carbocycles. The highest BCUT2D eigenvalue weighted by molar-refractivity contribution is 9.10. The van der Waals surface area contributed by atoms with Crippen molar-refractivity contribution in [2.75, 3.05) is 13.4 Å². The smallest absolute Gasteiger partial charge is 0.454 e. The van der Waals surface area contributed by atoms with Gasteiger partial charge in [0.25, 0.3) is 0 Å². The fourth-order valence-electron chi connectivity index (χ4n) is 4.52. The van der Waals surface area contributed by atoms with E-state index in [0.29, 0.717) is 54.6 Å². The van der Waals surface area contributed by atoms with E-state index in [0.717, 1.165) is 15.6 Å². The Balaban J connectivity index is 1.56. The Morgan fingerprint density at radius 3 is 2.27 bits per heavy atom. The van der Waals surface area contributed by atoms with Gasteiger partial charge in [-0.2, -0.15) is 0 Å². The molecule has 2 aliphatic heterocycles. The zero-order valence-corrected chi connectivity index (χ0v) is 24.3. The van der Waals surface area contributed by atoms with Gasteiger partial charge in [0.2, 0.25) is 6.79 Å². The lowest BCUT2D eigenvalue weighted by atomic mass is 9.96. The van der Waals surface area contributed by atoms with Crippen molar-refractivity contribution in [1.82, 2.24) is 4.90 Å². The number of para-hydroxylation sites is 2. The molecule has 1 unspecified atom stereocenters. The van der Waals surface area contributed by atoms with Gasteiger partial charge in [-0.05, 0) is 54.8 Å². The Morgan fingerprint density at radius 2 is 1.68 bits per heavy atom. The van der Waals surface area contributed by atoms with Crippen molar-refractivity contribution in [3.05, 3.63) is 107 Å². The van der Waals surface area contributed by atoms with Crippen molar-refractivity contribution >= 4 is 29.5 Å². The molecule has 2 heterocycles. The number of hydrogen-bond donors (Lipinski definition) is 1. The summed E-state index contributed by atoms with van der Waals surface area (Å²) in [5.74, 6) is 2.62. The van der Waals surface area contributed by atoms with Crippen LogP contribution in [0.15, 0.2) is 106 Å². The van der Waals surface area contributed by atoms with Gasteiger partial charge in [-0.1, -0.05) is 70.1 Å². The molecule has 0 amide bonds. The second-order valence-electron chi connectivity index (χ2n) is 9.27. The average Bonchev–Trinajstić information content (AvgIpc) is 3.41. The van der Waals surface area contributed by atoms with Crippen molar-refractivity contribution in [3.63, 3.8) is 0 Å². The van der Waals surface area contributed by atoms with Gasteiger partial charge < -0.3 is 28.5 Å². The number of nitrogens with zero attached hydrogens (tertiary/aromatic N) is 2. The molecule has 10 heteroatoms. The van der Waals surface area contributed by atoms with Crippen LogP contribution in [0, 0.1) is 0 Å². The molecule has 0 radical (unpaired) electrons. The molecular formula is C30H30BrN2O6P. The van der Waals surface area contributed by atoms with E-state index < -0.39 is 7.75 Å². The Morgan fingerprint density at radius 1 is 1.05 bits per heavy atom. The Kier molecular flexibility index (Phi) is 8.94. The van der Waals surface area contributed by atoms with E-state index in [1.165, 1.54) is 0 Å². The summed E-state index contributed by atoms with van der Waals surface area (Å²) in [6, 6.07) is 21.3. The second-order valence-corrected chi connectivity index (χ2v) is 11.6. The van der Waals surface area contributed by atoms with Crippen LogP contribution in [0.5, 0.6) is 23.0 Å². The highest BCUT2D eigenvalue weighted by Crippen LogP contribution is 2.51. The monoisotopic (exact) mass is 624 g/mol. The molecule has 5 rings (SSSR count). The largest absolute Gasteiger partial charge is 0.564 e. The first-order chi connectivity index (χ1) is 19.5. The van der Waals surface area contributed by atoms with E-state index in [4.69, 9.17) is 23.3 Å². The van der Waals surface area contributed by atoms with E-state index in [9.17, 15) is 9.67 Å². The second kappa shape index (κ2) is 12.8. The van der Waals surface area contributed by atoms with E-state index in [2.05, 4.69) is 28.6 Å². The molecule has 0 saturated heterocycles. The number of ether oxygens (including phenoxy) is 2. The lowest BCUT2D eigenvalue weighted by molar-refractivity contribution is 0.174. The quantitative estimate of drug-likeness (QED) is 0.177. The summed E-state index contributed by atoms with van der Waals surface area (Å²) in [6.07, 6.45) is 5.62. The maximum Gasteiger partial charge on any atom is 0.564 e. The molecule has 40 heavy (non-hydrogen) atoms. The molecule has 0 saturated carbocycles. The first-order valence-electron chi connectivity index (χ1n) is 12.9. The molecule has 0 aromatic heterocycles. The van der Waals surface area contributed by atoms with Gasteiger partial charge in [-0.25, -0.2) is 4.57 Å². The molecule has 0 fully saturated rings. The number of halogens is 1. The summed E-state index contributed by atoms with van der Waals surface area (Å²) in [5.41, 5.74) is 1.99. The zero-order chi connectivity index (χ0) is 28.0. The minimum Gasteiger partial charge on any atom is -0.454 e. The minimum absolute atomic E-state index is 0.0726. The number of hydrogen-bond acceptors (Lipinski definition) is 6. The van der Waals surface area contributed by atoms with Crippen molar-refractivity contribution < 1.29 is 28.2 Å². The summed E-state index contributed by atoms with van der Waals surface area (Å²) in [6.45, 7) is 4.71. The summed E-state index contributed by atoms with van der Waals surface area (Å²) in [5, 5.41) is 9.45. The highest BCUT2D eigenvalue weighted by Gasteiger charge is 2.34. The number of aliphatic hydroxyl groups is 1. The van der Waals surface area contributed by atoms with Crippen LogP contribution in [0.3, 0.4) is 0 Å². The summed E-state index contributed by atoms with van der Waals surface area (Å²) in [4.78, 5) is 2.02. The summed E-state index contributed by atoms with van der Waals surface area (Å²) in [7, 11) is -4.11. The predicted molar refractivity (Wildman–Crippen MR) is 158 cm³/mol. The Labute approximate surface area is 242 Å². The number of fused-ring (bicyclic) bond motifs is 1. The minimum atomic E-state index is -4.11. The first-order valence-corrected chi connectivity index (χ1v) is 15.2. The third-order valence-electron chi connectivity index (χ3n) is 6.43. The van der Waals surface area contributed by atoms with Gasteiger partial charge >= 0.3 is 7.75 Å². The van der Waals surface area contributed by atoms with Crippen LogP contribution in [0.2, 0.25) is 0 Å². The number of aliphatic hydroxyl groups excluding tert-OH is 1. The summed E-state index contributed by atoms with van der Waals surface area (Å²) < 4.78 is 43.0. The van der Waals surface area contributed by atoms with Crippen LogP contribution in [0.1, 0.15) is 24.8 Å². The third kappa shape index (κ3) is 6.78. The van der Waals surface area contributed by atoms with Crippen LogP contribution in [0.4, 0.5) is 0 Å². The van der Waals surface area contributed by atoms with E-state index in [1.54, 1.807) is 48.5 Å². The van der Waals surface area contributed by atoms with Crippen LogP contribution in [0.25, 0.3) is 0 Å². The molecule has 8 nitrogen and oxygen atoms in total. The third-order valence-corrected chi connectivity index (χ3v) is 8.53. The van der Waals surface area contributed by atoms with Crippen molar-refractivity contribution in [2.24, 2.45) is 4.76 Å². The Hall–Kier alpha value is -3.52. The van der Waals surface area contributed by atoms with Crippen LogP contribution >= 0.6 is 23.7 Å². The van der Waals surface area contributed by atoms with Crippen molar-refractivity contribution in [2.45, 2.75) is 31.8 Å². The number of rotatable bonds is 11. The fourth-order valence-corrected chi connectivity index (χ4v) is 6.33. The SMILES string of the molecule is C=CC1C=C(CCCO)C/C(=N/P(=O)(Oc2ccccc2)Oc2ccccc2)N1Cc1cc2c(cc1Br)OCO2. The van der Waals surface area contributed by atoms with Gasteiger partial charge in [0.05, 0.1) is 6.04 Å². The van der Waals surface area contributed by atoms with Gasteiger partial charge in [0.1, 0.15) is 17.3 Å². The van der Waals surface area contributed by atoms with E-state index in [1.807, 2.05) is 35.2 Å². The predicted octanol–water partition coefficient (Wildman–Crippen LogP) is 7.30. The molecular weight excluding hydrogens is 595 g/mol.